The molecule has 1 unspecified atom stereocenters. The van der Waals surface area contributed by atoms with Gasteiger partial charge in [-0.05, 0) is 42.3 Å². The zero-order valence-corrected chi connectivity index (χ0v) is 22.8. The summed E-state index contributed by atoms with van der Waals surface area (Å²) in [6, 6.07) is 17.2. The van der Waals surface area contributed by atoms with E-state index in [-0.39, 0.29) is 25.7 Å². The summed E-state index contributed by atoms with van der Waals surface area (Å²) in [6.45, 7) is 2.11. The predicted molar refractivity (Wildman–Crippen MR) is 147 cm³/mol. The number of nitrogens with zero attached hydrogens (tertiary/aromatic N) is 1. The van der Waals surface area contributed by atoms with Crippen molar-refractivity contribution in [3.8, 4) is 16.9 Å². The highest BCUT2D eigenvalue weighted by atomic mass is 32.2. The third-order valence-electron chi connectivity index (χ3n) is 6.21. The van der Waals surface area contributed by atoms with Gasteiger partial charge < -0.3 is 19.9 Å². The van der Waals surface area contributed by atoms with Crippen LogP contribution < -0.4 is 10.5 Å². The molecule has 1 atom stereocenters. The number of aromatic nitrogens is 1. The topological polar surface area (TPSA) is 110 Å². The Bertz CT molecular complexity index is 1600. The van der Waals surface area contributed by atoms with E-state index in [2.05, 4.69) is 0 Å². The number of ether oxygens (including phenoxy) is 3. The Morgan fingerprint density at radius 3 is 2.51 bits per heavy atom. The number of fused-ring (bicyclic) bond motifs is 1. The van der Waals surface area contributed by atoms with E-state index in [4.69, 9.17) is 19.9 Å². The van der Waals surface area contributed by atoms with Crippen LogP contribution >= 0.6 is 0 Å². The fourth-order valence-electron chi connectivity index (χ4n) is 4.46. The fraction of sp³-hybridized carbons (Fsp3) is 0.276. The Kier molecular flexibility index (Phi) is 8.69. The van der Waals surface area contributed by atoms with Gasteiger partial charge in [-0.3, -0.25) is 4.79 Å². The molecule has 0 fully saturated rings. The maximum absolute atomic E-state index is 15.3. The number of para-hydroxylation sites is 1. The van der Waals surface area contributed by atoms with Gasteiger partial charge in [0.15, 0.2) is 0 Å². The second-order valence-electron chi connectivity index (χ2n) is 9.26. The van der Waals surface area contributed by atoms with Crippen molar-refractivity contribution in [1.29, 1.82) is 0 Å². The first-order valence-electron chi connectivity index (χ1n) is 12.3. The van der Waals surface area contributed by atoms with Crippen LogP contribution in [0.25, 0.3) is 22.0 Å². The van der Waals surface area contributed by atoms with E-state index < -0.39 is 21.8 Å². The number of nitrogens with two attached hydrogens (primary N) is 1. The summed E-state index contributed by atoms with van der Waals surface area (Å²) in [5.41, 5.74) is 8.55. The van der Waals surface area contributed by atoms with Gasteiger partial charge in [-0.1, -0.05) is 36.4 Å². The highest BCUT2D eigenvalue weighted by molar-refractivity contribution is 7.89. The number of rotatable bonds is 11. The Morgan fingerprint density at radius 2 is 1.79 bits per heavy atom. The quantitative estimate of drug-likeness (QED) is 0.274. The maximum atomic E-state index is 15.3. The lowest BCUT2D eigenvalue weighted by Crippen LogP contribution is -2.21. The van der Waals surface area contributed by atoms with Crippen molar-refractivity contribution in [2.75, 3.05) is 20.0 Å². The summed E-state index contributed by atoms with van der Waals surface area (Å²) >= 11 is 0. The molecule has 39 heavy (non-hydrogen) atoms. The number of carbonyl (C=O) groups is 1. The lowest BCUT2D eigenvalue weighted by molar-refractivity contribution is -0.149. The summed E-state index contributed by atoms with van der Waals surface area (Å²) in [4.78, 5) is 12.4. The second kappa shape index (κ2) is 12.0. The van der Waals surface area contributed by atoms with Crippen molar-refractivity contribution < 1.29 is 31.8 Å². The molecule has 0 aliphatic carbocycles. The van der Waals surface area contributed by atoms with Gasteiger partial charge in [0.05, 0.1) is 24.8 Å². The van der Waals surface area contributed by atoms with E-state index >= 15 is 4.39 Å². The molecule has 0 saturated heterocycles. The minimum Gasteiger partial charge on any atom is -0.489 e. The van der Waals surface area contributed by atoms with Crippen molar-refractivity contribution in [2.24, 2.45) is 5.73 Å². The van der Waals surface area contributed by atoms with Crippen molar-refractivity contribution >= 4 is 26.9 Å². The first-order valence-corrected chi connectivity index (χ1v) is 14.2. The average molecular weight is 555 g/mol. The van der Waals surface area contributed by atoms with Crippen molar-refractivity contribution in [3.05, 3.63) is 89.4 Å². The average Bonchev–Trinajstić information content (AvgIpc) is 3.33. The maximum Gasteiger partial charge on any atom is 0.310 e. The molecule has 4 rings (SSSR count). The molecule has 0 radical (unpaired) electrons. The smallest absolute Gasteiger partial charge is 0.310 e. The number of methoxy groups -OCH3 is 1. The van der Waals surface area contributed by atoms with E-state index in [1.165, 1.54) is 13.3 Å². The molecule has 0 amide bonds. The third-order valence-corrected chi connectivity index (χ3v) is 7.25. The molecule has 1 aromatic heterocycles. The van der Waals surface area contributed by atoms with E-state index in [1.54, 1.807) is 67.6 Å². The Labute approximate surface area is 227 Å². The molecule has 10 heteroatoms. The standard InChI is InChI=1S/C29H31FN2O6S/c1-19(17-36-2)38-28(33)15-21-7-4-5-10-27(21)37-18-20-13-25(24-9-6-8-22(16-31)29(24)30)23-11-12-32(26(23)14-20)39(3,34)35/h4-14,19H,15-18,31H2,1-3H3. The SMILES string of the molecule is COCC(C)OC(=O)Cc1ccccc1OCc1cc(-c2cccc(CN)c2F)c2ccn(S(C)(=O)=O)c2c1. The number of benzene rings is 3. The number of hydrogen-bond donors (Lipinski definition) is 1. The van der Waals surface area contributed by atoms with Gasteiger partial charge in [0.2, 0.25) is 10.0 Å². The third kappa shape index (κ3) is 6.47. The lowest BCUT2D eigenvalue weighted by atomic mass is 9.97. The zero-order valence-electron chi connectivity index (χ0n) is 22.0. The molecule has 2 N–H and O–H groups in total. The molecule has 0 bridgehead atoms. The highest BCUT2D eigenvalue weighted by Crippen LogP contribution is 2.34. The van der Waals surface area contributed by atoms with Gasteiger partial charge in [-0.2, -0.15) is 0 Å². The van der Waals surface area contributed by atoms with Crippen LogP contribution in [0.2, 0.25) is 0 Å². The van der Waals surface area contributed by atoms with Crippen LogP contribution in [0.1, 0.15) is 23.6 Å². The molecule has 0 aliphatic rings. The van der Waals surface area contributed by atoms with Gasteiger partial charge in [0, 0.05) is 41.9 Å². The number of halogens is 1. The van der Waals surface area contributed by atoms with Crippen LogP contribution in [0.5, 0.6) is 5.75 Å². The number of carbonyl (C=O) groups excluding carboxylic acids is 1. The van der Waals surface area contributed by atoms with Gasteiger partial charge in [-0.25, -0.2) is 16.8 Å². The molecule has 1 heterocycles. The van der Waals surface area contributed by atoms with Crippen LogP contribution in [0.15, 0.2) is 66.9 Å². The molecule has 0 saturated carbocycles. The Balaban J connectivity index is 1.69. The molecule has 3 aromatic carbocycles. The minimum atomic E-state index is -3.62. The minimum absolute atomic E-state index is 0.00251. The van der Waals surface area contributed by atoms with Crippen LogP contribution in [-0.2, 0) is 43.9 Å². The van der Waals surface area contributed by atoms with Gasteiger partial charge in [0.25, 0.3) is 0 Å². The fourth-order valence-corrected chi connectivity index (χ4v) is 5.25. The normalized spacial score (nSPS) is 12.4. The Morgan fingerprint density at radius 1 is 1.05 bits per heavy atom. The molecular formula is C29H31FN2O6S. The summed E-state index contributed by atoms with van der Waals surface area (Å²) in [5.74, 6) is -0.399. The van der Waals surface area contributed by atoms with Crippen LogP contribution in [0, 0.1) is 5.82 Å². The largest absolute Gasteiger partial charge is 0.489 e. The monoisotopic (exact) mass is 554 g/mol. The van der Waals surface area contributed by atoms with E-state index in [1.807, 2.05) is 0 Å². The van der Waals surface area contributed by atoms with E-state index in [0.29, 0.717) is 51.1 Å². The summed E-state index contributed by atoms with van der Waals surface area (Å²) in [7, 11) is -2.09. The van der Waals surface area contributed by atoms with Gasteiger partial charge in [0.1, 0.15) is 24.3 Å². The molecule has 206 valence electrons. The summed E-state index contributed by atoms with van der Waals surface area (Å²) in [6.07, 6.45) is 2.17. The van der Waals surface area contributed by atoms with Crippen LogP contribution in [-0.4, -0.2) is 44.4 Å². The predicted octanol–water partition coefficient (Wildman–Crippen LogP) is 4.41. The molecule has 4 aromatic rings. The van der Waals surface area contributed by atoms with Gasteiger partial charge >= 0.3 is 5.97 Å². The summed E-state index contributed by atoms with van der Waals surface area (Å²) < 4.78 is 57.9. The first kappa shape index (κ1) is 28.3. The van der Waals surface area contributed by atoms with Crippen molar-refractivity contribution in [1.82, 2.24) is 3.97 Å². The van der Waals surface area contributed by atoms with E-state index in [0.717, 1.165) is 10.2 Å². The molecular weight excluding hydrogens is 523 g/mol. The first-order chi connectivity index (χ1) is 18.6. The van der Waals surface area contributed by atoms with Crippen molar-refractivity contribution in [3.63, 3.8) is 0 Å². The van der Waals surface area contributed by atoms with E-state index in [9.17, 15) is 13.2 Å². The van der Waals surface area contributed by atoms with Crippen LogP contribution in [0.3, 0.4) is 0 Å². The molecule has 8 nitrogen and oxygen atoms in total. The number of esters is 1. The lowest BCUT2D eigenvalue weighted by Gasteiger charge is -2.15. The highest BCUT2D eigenvalue weighted by Gasteiger charge is 2.19. The number of hydrogen-bond acceptors (Lipinski definition) is 7. The van der Waals surface area contributed by atoms with Crippen LogP contribution in [0.4, 0.5) is 4.39 Å². The summed E-state index contributed by atoms with van der Waals surface area (Å²) in [5, 5.41) is 0.575. The zero-order chi connectivity index (χ0) is 28.2. The second-order valence-corrected chi connectivity index (χ2v) is 11.1. The van der Waals surface area contributed by atoms with Gasteiger partial charge in [-0.15, -0.1) is 0 Å². The molecule has 0 aliphatic heterocycles. The van der Waals surface area contributed by atoms with Crippen molar-refractivity contribution in [2.45, 2.75) is 32.6 Å². The molecule has 0 spiro atoms. The Hall–Kier alpha value is -3.73.